The second kappa shape index (κ2) is 7.78. The lowest BCUT2D eigenvalue weighted by atomic mass is 10.2. The van der Waals surface area contributed by atoms with Crippen LogP contribution in [0.15, 0.2) is 29.6 Å². The number of ether oxygens (including phenoxy) is 3. The smallest absolute Gasteiger partial charge is 0.241 e. The predicted molar refractivity (Wildman–Crippen MR) is 93.9 cm³/mol. The molecular formula is C17H20N2O3S. The van der Waals surface area contributed by atoms with Crippen LogP contribution in [0.25, 0.3) is 21.6 Å². The van der Waals surface area contributed by atoms with Crippen molar-refractivity contribution in [3.8, 4) is 28.0 Å². The Bertz CT molecular complexity index is 773. The summed E-state index contributed by atoms with van der Waals surface area (Å²) in [6, 6.07) is 7.57. The highest BCUT2D eigenvalue weighted by Crippen LogP contribution is 2.35. The first kappa shape index (κ1) is 17.0. The van der Waals surface area contributed by atoms with Crippen LogP contribution < -0.4 is 14.2 Å². The molecule has 3 rings (SSSR count). The molecule has 0 saturated carbocycles. The van der Waals surface area contributed by atoms with Crippen LogP contribution in [0, 0.1) is 0 Å². The third kappa shape index (κ3) is 3.37. The minimum atomic E-state index is 0.497. The fourth-order valence-corrected chi connectivity index (χ4v) is 2.79. The molecule has 2 aromatic heterocycles. The van der Waals surface area contributed by atoms with Gasteiger partial charge in [0.25, 0.3) is 0 Å². The van der Waals surface area contributed by atoms with E-state index >= 15 is 0 Å². The molecule has 0 saturated heterocycles. The van der Waals surface area contributed by atoms with Gasteiger partial charge in [-0.25, -0.2) is 9.97 Å². The third-order valence-corrected chi connectivity index (χ3v) is 3.96. The Morgan fingerprint density at radius 2 is 1.48 bits per heavy atom. The Hall–Kier alpha value is -2.34. The summed E-state index contributed by atoms with van der Waals surface area (Å²) in [5.74, 6) is 1.74. The van der Waals surface area contributed by atoms with Crippen LogP contribution in [0.3, 0.4) is 0 Å². The average molecular weight is 332 g/mol. The maximum atomic E-state index is 5.37. The molecule has 0 amide bonds. The lowest BCUT2D eigenvalue weighted by Crippen LogP contribution is -1.97. The van der Waals surface area contributed by atoms with Crippen molar-refractivity contribution in [3.63, 3.8) is 0 Å². The number of hydrogen-bond acceptors (Lipinski definition) is 6. The first-order valence-corrected chi connectivity index (χ1v) is 8.16. The largest absolute Gasteiger partial charge is 0.493 e. The molecular weight excluding hydrogens is 312 g/mol. The van der Waals surface area contributed by atoms with Gasteiger partial charge in [0.15, 0.2) is 11.5 Å². The molecule has 6 heteroatoms. The summed E-state index contributed by atoms with van der Waals surface area (Å²) in [6.07, 6.45) is 0. The van der Waals surface area contributed by atoms with Crippen molar-refractivity contribution in [2.75, 3.05) is 21.3 Å². The van der Waals surface area contributed by atoms with Gasteiger partial charge >= 0.3 is 0 Å². The number of hydrogen-bond donors (Lipinski definition) is 0. The third-order valence-electron chi connectivity index (χ3n) is 3.09. The molecule has 2 heterocycles. The van der Waals surface area contributed by atoms with Gasteiger partial charge in [-0.1, -0.05) is 19.9 Å². The zero-order valence-electron chi connectivity index (χ0n) is 13.9. The fraction of sp³-hybridized carbons (Fsp3) is 0.294. The summed E-state index contributed by atoms with van der Waals surface area (Å²) in [4.78, 5) is 10.2. The second-order valence-corrected chi connectivity index (χ2v) is 5.20. The number of aromatic nitrogens is 2. The molecule has 0 unspecified atom stereocenters. The van der Waals surface area contributed by atoms with Crippen LogP contribution in [0.2, 0.25) is 0 Å². The van der Waals surface area contributed by atoms with Gasteiger partial charge in [-0.15, -0.1) is 11.3 Å². The molecule has 0 fully saturated rings. The van der Waals surface area contributed by atoms with E-state index in [1.807, 2.05) is 37.4 Å². The van der Waals surface area contributed by atoms with Gasteiger partial charge in [0.1, 0.15) is 5.69 Å². The standard InChI is InChI=1S/C15H14N2O3S.C2H6/c1-18-11-7-9-10(8-12(11)19-2)17-15(20-3)14(16-9)13-5-4-6-21-13;1-2/h4-8H,1-3H3;1-2H3. The van der Waals surface area contributed by atoms with Crippen molar-refractivity contribution >= 4 is 22.4 Å². The monoisotopic (exact) mass is 332 g/mol. The summed E-state index contributed by atoms with van der Waals surface area (Å²) in [5.41, 5.74) is 2.16. The number of nitrogens with zero attached hydrogens (tertiary/aromatic N) is 2. The normalized spacial score (nSPS) is 9.96. The van der Waals surface area contributed by atoms with E-state index < -0.39 is 0 Å². The van der Waals surface area contributed by atoms with Crippen LogP contribution >= 0.6 is 11.3 Å². The molecule has 122 valence electrons. The molecule has 5 nitrogen and oxygen atoms in total. The number of fused-ring (bicyclic) bond motifs is 1. The van der Waals surface area contributed by atoms with Crippen molar-refractivity contribution in [2.45, 2.75) is 13.8 Å². The summed E-state index contributed by atoms with van der Waals surface area (Å²) in [5, 5.41) is 2.00. The van der Waals surface area contributed by atoms with E-state index in [1.54, 1.807) is 38.7 Å². The van der Waals surface area contributed by atoms with Gasteiger partial charge in [-0.2, -0.15) is 0 Å². The van der Waals surface area contributed by atoms with Crippen molar-refractivity contribution in [3.05, 3.63) is 29.6 Å². The average Bonchev–Trinajstić information content (AvgIpc) is 3.15. The topological polar surface area (TPSA) is 53.5 Å². The molecule has 0 N–H and O–H groups in total. The van der Waals surface area contributed by atoms with Gasteiger partial charge in [0.05, 0.1) is 37.2 Å². The zero-order valence-corrected chi connectivity index (χ0v) is 14.7. The highest BCUT2D eigenvalue weighted by Gasteiger charge is 2.15. The number of benzene rings is 1. The van der Waals surface area contributed by atoms with Crippen molar-refractivity contribution in [1.29, 1.82) is 0 Å². The molecule has 0 bridgehead atoms. The Balaban J connectivity index is 0.000000924. The Labute approximate surface area is 139 Å². The number of rotatable bonds is 4. The maximum absolute atomic E-state index is 5.37. The Morgan fingerprint density at radius 1 is 0.870 bits per heavy atom. The van der Waals surface area contributed by atoms with Gasteiger partial charge in [0.2, 0.25) is 5.88 Å². The SMILES string of the molecule is CC.COc1cc2nc(OC)c(-c3cccs3)nc2cc1OC. The van der Waals surface area contributed by atoms with Crippen molar-refractivity contribution in [1.82, 2.24) is 9.97 Å². The number of thiophene rings is 1. The molecule has 0 radical (unpaired) electrons. The lowest BCUT2D eigenvalue weighted by Gasteiger charge is -2.11. The Morgan fingerprint density at radius 3 is 1.96 bits per heavy atom. The highest BCUT2D eigenvalue weighted by atomic mass is 32.1. The molecule has 0 spiro atoms. The van der Waals surface area contributed by atoms with Crippen LogP contribution in [0.1, 0.15) is 13.8 Å². The van der Waals surface area contributed by atoms with Gasteiger partial charge < -0.3 is 14.2 Å². The van der Waals surface area contributed by atoms with Gasteiger partial charge in [0, 0.05) is 12.1 Å². The second-order valence-electron chi connectivity index (χ2n) is 4.25. The van der Waals surface area contributed by atoms with E-state index in [2.05, 4.69) is 9.97 Å². The predicted octanol–water partition coefficient (Wildman–Crippen LogP) is 4.41. The minimum Gasteiger partial charge on any atom is -0.493 e. The van der Waals surface area contributed by atoms with E-state index in [1.165, 1.54) is 0 Å². The summed E-state index contributed by atoms with van der Waals surface area (Å²) >= 11 is 1.59. The van der Waals surface area contributed by atoms with Crippen molar-refractivity contribution in [2.24, 2.45) is 0 Å². The van der Waals surface area contributed by atoms with Gasteiger partial charge in [-0.05, 0) is 11.4 Å². The van der Waals surface area contributed by atoms with E-state index in [0.29, 0.717) is 22.9 Å². The van der Waals surface area contributed by atoms with E-state index in [9.17, 15) is 0 Å². The van der Waals surface area contributed by atoms with E-state index in [4.69, 9.17) is 14.2 Å². The summed E-state index contributed by atoms with van der Waals surface area (Å²) in [7, 11) is 4.78. The maximum Gasteiger partial charge on any atom is 0.241 e. The highest BCUT2D eigenvalue weighted by molar-refractivity contribution is 7.13. The first-order chi connectivity index (χ1) is 11.3. The quantitative estimate of drug-likeness (QED) is 0.708. The van der Waals surface area contributed by atoms with Crippen LogP contribution in [-0.4, -0.2) is 31.3 Å². The zero-order chi connectivity index (χ0) is 16.8. The van der Waals surface area contributed by atoms with Gasteiger partial charge in [-0.3, -0.25) is 0 Å². The van der Waals surface area contributed by atoms with E-state index in [0.717, 1.165) is 16.1 Å². The molecule has 23 heavy (non-hydrogen) atoms. The van der Waals surface area contributed by atoms with Crippen LogP contribution in [0.4, 0.5) is 0 Å². The lowest BCUT2D eigenvalue weighted by molar-refractivity contribution is 0.355. The Kier molecular flexibility index (Phi) is 5.76. The summed E-state index contributed by atoms with van der Waals surface area (Å²) < 4.78 is 16.0. The fourth-order valence-electron chi connectivity index (χ4n) is 2.08. The van der Waals surface area contributed by atoms with Crippen LogP contribution in [0.5, 0.6) is 17.4 Å². The molecule has 0 aliphatic heterocycles. The molecule has 3 aromatic rings. The molecule has 0 aliphatic rings. The minimum absolute atomic E-state index is 0.497. The molecule has 0 aliphatic carbocycles. The van der Waals surface area contributed by atoms with Crippen molar-refractivity contribution < 1.29 is 14.2 Å². The summed E-state index contributed by atoms with van der Waals surface area (Å²) in [6.45, 7) is 4.00. The number of methoxy groups -OCH3 is 3. The van der Waals surface area contributed by atoms with Crippen LogP contribution in [-0.2, 0) is 0 Å². The first-order valence-electron chi connectivity index (χ1n) is 7.28. The molecule has 1 aromatic carbocycles. The van der Waals surface area contributed by atoms with E-state index in [-0.39, 0.29) is 0 Å². The molecule has 0 atom stereocenters.